The molecule has 5 nitrogen and oxygen atoms in total. The molecule has 5 heteroatoms. The number of hydrogen-bond acceptors (Lipinski definition) is 3. The van der Waals surface area contributed by atoms with Gasteiger partial charge in [-0.3, -0.25) is 0 Å². The Balaban J connectivity index is 4.75. The summed E-state index contributed by atoms with van der Waals surface area (Å²) >= 11 is 0. The van der Waals surface area contributed by atoms with E-state index < -0.39 is 24.1 Å². The molecule has 0 aromatic rings. The molecule has 0 unspecified atom stereocenters. The number of carboxylic acids is 2. The second kappa shape index (κ2) is 5.98. The fraction of sp³-hybridized carbons (Fsp3) is 0.400. The topological polar surface area (TPSA) is 83.8 Å². The van der Waals surface area contributed by atoms with E-state index in [1.54, 1.807) is 0 Å². The van der Waals surface area contributed by atoms with E-state index in [1.807, 2.05) is 0 Å². The van der Waals surface area contributed by atoms with Crippen LogP contribution in [0.3, 0.4) is 0 Å². The van der Waals surface area contributed by atoms with Gasteiger partial charge in [0.05, 0.1) is 0 Å². The van der Waals surface area contributed by atoms with Crippen molar-refractivity contribution < 1.29 is 24.5 Å². The van der Waals surface area contributed by atoms with Crippen LogP contribution in [0.5, 0.6) is 0 Å². The average Bonchev–Trinajstić information content (AvgIpc) is 2.14. The van der Waals surface area contributed by atoms with E-state index in [0.29, 0.717) is 0 Å². The number of rotatable bonds is 8. The molecule has 0 aromatic carbocycles. The molecule has 84 valence electrons. The average molecular weight is 214 g/mol. The van der Waals surface area contributed by atoms with Gasteiger partial charge in [-0.15, -0.1) is 13.2 Å². The first-order valence-electron chi connectivity index (χ1n) is 4.29. The van der Waals surface area contributed by atoms with E-state index in [2.05, 4.69) is 13.2 Å². The molecule has 0 aliphatic carbocycles. The molecule has 15 heavy (non-hydrogen) atoms. The summed E-state index contributed by atoms with van der Waals surface area (Å²) in [6.07, 6.45) is 2.81. The van der Waals surface area contributed by atoms with Gasteiger partial charge in [0.25, 0.3) is 0 Å². The molecule has 0 aliphatic rings. The summed E-state index contributed by atoms with van der Waals surface area (Å²) in [5.41, 5.74) is -1.57. The van der Waals surface area contributed by atoms with Crippen LogP contribution in [0, 0.1) is 0 Å². The van der Waals surface area contributed by atoms with Crippen LogP contribution in [0.4, 0.5) is 0 Å². The standard InChI is InChI=1S/C10H14O5/c1-3-5-10(6-4-2,9(13)14)15-7-8(11)12/h3-4H,1-2,5-7H2,(H,11,12)(H,13,14). The van der Waals surface area contributed by atoms with Gasteiger partial charge >= 0.3 is 11.9 Å². The van der Waals surface area contributed by atoms with E-state index in [9.17, 15) is 9.59 Å². The van der Waals surface area contributed by atoms with Gasteiger partial charge in [-0.05, 0) is 0 Å². The molecular formula is C10H14O5. The third-order valence-corrected chi connectivity index (χ3v) is 1.81. The van der Waals surface area contributed by atoms with Crippen molar-refractivity contribution in [1.82, 2.24) is 0 Å². The van der Waals surface area contributed by atoms with Crippen molar-refractivity contribution in [3.8, 4) is 0 Å². The minimum absolute atomic E-state index is 0.0294. The van der Waals surface area contributed by atoms with E-state index in [-0.39, 0.29) is 12.8 Å². The fourth-order valence-electron chi connectivity index (χ4n) is 1.10. The molecule has 0 aromatic heterocycles. The second-order valence-electron chi connectivity index (χ2n) is 2.97. The summed E-state index contributed by atoms with van der Waals surface area (Å²) in [5, 5.41) is 17.4. The highest BCUT2D eigenvalue weighted by molar-refractivity contribution is 5.78. The maximum Gasteiger partial charge on any atom is 0.336 e. The monoisotopic (exact) mass is 214 g/mol. The van der Waals surface area contributed by atoms with Crippen LogP contribution in [0.2, 0.25) is 0 Å². The summed E-state index contributed by atoms with van der Waals surface area (Å²) in [6, 6.07) is 0. The number of carbonyl (C=O) groups is 2. The lowest BCUT2D eigenvalue weighted by Crippen LogP contribution is -2.42. The number of ether oxygens (including phenoxy) is 1. The van der Waals surface area contributed by atoms with Crippen molar-refractivity contribution in [2.45, 2.75) is 18.4 Å². The molecule has 0 radical (unpaired) electrons. The van der Waals surface area contributed by atoms with E-state index in [4.69, 9.17) is 14.9 Å². The first kappa shape index (κ1) is 13.4. The van der Waals surface area contributed by atoms with Crippen molar-refractivity contribution in [3.63, 3.8) is 0 Å². The van der Waals surface area contributed by atoms with Gasteiger partial charge in [0.1, 0.15) is 6.61 Å². The Morgan fingerprint density at radius 2 is 1.67 bits per heavy atom. The molecule has 0 heterocycles. The minimum atomic E-state index is -1.57. The summed E-state index contributed by atoms with van der Waals surface area (Å²) in [6.45, 7) is 6.17. The highest BCUT2D eigenvalue weighted by Gasteiger charge is 2.37. The zero-order valence-electron chi connectivity index (χ0n) is 8.31. The first-order valence-corrected chi connectivity index (χ1v) is 4.29. The van der Waals surface area contributed by atoms with Crippen LogP contribution in [0.25, 0.3) is 0 Å². The Bertz CT molecular complexity index is 259. The normalized spacial score (nSPS) is 10.7. The zero-order valence-corrected chi connectivity index (χ0v) is 8.31. The van der Waals surface area contributed by atoms with Gasteiger partial charge in [0, 0.05) is 12.8 Å². The molecule has 0 saturated carbocycles. The smallest absolute Gasteiger partial charge is 0.336 e. The van der Waals surface area contributed by atoms with Crippen LogP contribution < -0.4 is 0 Å². The third kappa shape index (κ3) is 3.95. The molecule has 0 saturated heterocycles. The fourth-order valence-corrected chi connectivity index (χ4v) is 1.10. The van der Waals surface area contributed by atoms with E-state index in [0.717, 1.165) is 0 Å². The third-order valence-electron chi connectivity index (χ3n) is 1.81. The molecule has 0 atom stereocenters. The molecule has 0 fully saturated rings. The summed E-state index contributed by atoms with van der Waals surface area (Å²) in [7, 11) is 0. The summed E-state index contributed by atoms with van der Waals surface area (Å²) < 4.78 is 4.89. The largest absolute Gasteiger partial charge is 0.480 e. The van der Waals surface area contributed by atoms with Crippen LogP contribution in [-0.4, -0.2) is 34.4 Å². The molecular weight excluding hydrogens is 200 g/mol. The number of aliphatic carboxylic acids is 2. The van der Waals surface area contributed by atoms with Crippen LogP contribution >= 0.6 is 0 Å². The molecule has 0 spiro atoms. The molecule has 0 aliphatic heterocycles. The number of hydrogen-bond donors (Lipinski definition) is 2. The highest BCUT2D eigenvalue weighted by Crippen LogP contribution is 2.22. The lowest BCUT2D eigenvalue weighted by atomic mass is 9.95. The van der Waals surface area contributed by atoms with Gasteiger partial charge in [0.2, 0.25) is 0 Å². The predicted octanol–water partition coefficient (Wildman–Crippen LogP) is 1.06. The predicted molar refractivity (Wildman–Crippen MR) is 53.6 cm³/mol. The summed E-state index contributed by atoms with van der Waals surface area (Å²) in [5.74, 6) is -2.43. The second-order valence-corrected chi connectivity index (χ2v) is 2.97. The van der Waals surface area contributed by atoms with Crippen molar-refractivity contribution in [2.75, 3.05) is 6.61 Å². The van der Waals surface area contributed by atoms with Crippen LogP contribution in [0.15, 0.2) is 25.3 Å². The maximum atomic E-state index is 11.0. The Labute approximate surface area is 87.7 Å². The SMILES string of the molecule is C=CCC(CC=C)(OCC(=O)O)C(=O)O. The van der Waals surface area contributed by atoms with E-state index >= 15 is 0 Å². The van der Waals surface area contributed by atoms with Gasteiger partial charge in [-0.25, -0.2) is 9.59 Å². The Hall–Kier alpha value is -1.62. The molecule has 0 amide bonds. The Morgan fingerprint density at radius 3 is 1.93 bits per heavy atom. The van der Waals surface area contributed by atoms with Crippen molar-refractivity contribution in [1.29, 1.82) is 0 Å². The van der Waals surface area contributed by atoms with Crippen molar-refractivity contribution in [3.05, 3.63) is 25.3 Å². The minimum Gasteiger partial charge on any atom is -0.480 e. The molecule has 2 N–H and O–H groups in total. The zero-order chi connectivity index (χ0) is 11.9. The van der Waals surface area contributed by atoms with Gasteiger partial charge in [0.15, 0.2) is 5.60 Å². The first-order chi connectivity index (χ1) is 6.98. The Kier molecular flexibility index (Phi) is 5.33. The lowest BCUT2D eigenvalue weighted by Gasteiger charge is -2.26. The maximum absolute atomic E-state index is 11.0. The van der Waals surface area contributed by atoms with Crippen LogP contribution in [0.1, 0.15) is 12.8 Å². The van der Waals surface area contributed by atoms with Gasteiger partial charge in [-0.1, -0.05) is 12.2 Å². The number of carboxylic acid groups (broad SMARTS) is 2. The van der Waals surface area contributed by atoms with Gasteiger partial charge < -0.3 is 14.9 Å². The van der Waals surface area contributed by atoms with Crippen LogP contribution in [-0.2, 0) is 14.3 Å². The quantitative estimate of drug-likeness (QED) is 0.590. The van der Waals surface area contributed by atoms with Crippen molar-refractivity contribution in [2.24, 2.45) is 0 Å². The molecule has 0 rings (SSSR count). The van der Waals surface area contributed by atoms with E-state index in [1.165, 1.54) is 12.2 Å². The van der Waals surface area contributed by atoms with Crippen molar-refractivity contribution >= 4 is 11.9 Å². The molecule has 0 bridgehead atoms. The Morgan fingerprint density at radius 1 is 1.20 bits per heavy atom. The highest BCUT2D eigenvalue weighted by atomic mass is 16.5. The summed E-state index contributed by atoms with van der Waals surface area (Å²) in [4.78, 5) is 21.3. The lowest BCUT2D eigenvalue weighted by molar-refractivity contribution is -0.170. The van der Waals surface area contributed by atoms with Gasteiger partial charge in [-0.2, -0.15) is 0 Å².